The Balaban J connectivity index is 2.07. The summed E-state index contributed by atoms with van der Waals surface area (Å²) in [6.45, 7) is 2.08. The number of halogens is 2. The van der Waals surface area contributed by atoms with E-state index >= 15 is 0 Å². The third-order valence-electron chi connectivity index (χ3n) is 2.29. The van der Waals surface area contributed by atoms with E-state index in [9.17, 15) is 0 Å². The van der Waals surface area contributed by atoms with E-state index in [4.69, 9.17) is 23.2 Å². The topological polar surface area (TPSA) is 24.1 Å². The Kier molecular flexibility index (Phi) is 3.16. The van der Waals surface area contributed by atoms with Crippen molar-refractivity contribution in [2.45, 2.75) is 12.5 Å². The summed E-state index contributed by atoms with van der Waals surface area (Å²) < 4.78 is 0. The molecular formula is C10H12Cl2N2. The van der Waals surface area contributed by atoms with Crippen LogP contribution in [0.2, 0.25) is 10.0 Å². The van der Waals surface area contributed by atoms with Crippen LogP contribution in [0.5, 0.6) is 0 Å². The second kappa shape index (κ2) is 4.39. The predicted octanol–water partition coefficient (Wildman–Crippen LogP) is 2.77. The van der Waals surface area contributed by atoms with Crippen LogP contribution in [0.1, 0.15) is 6.42 Å². The third-order valence-corrected chi connectivity index (χ3v) is 2.73. The van der Waals surface area contributed by atoms with Gasteiger partial charge in [-0.2, -0.15) is 0 Å². The number of anilines is 1. The van der Waals surface area contributed by atoms with Crippen LogP contribution in [0.4, 0.5) is 5.69 Å². The summed E-state index contributed by atoms with van der Waals surface area (Å²) in [6.07, 6.45) is 1.14. The van der Waals surface area contributed by atoms with Crippen LogP contribution in [0.3, 0.4) is 0 Å². The molecule has 0 aliphatic carbocycles. The van der Waals surface area contributed by atoms with Crippen molar-refractivity contribution in [2.75, 3.05) is 18.4 Å². The minimum absolute atomic E-state index is 0.490. The van der Waals surface area contributed by atoms with Crippen LogP contribution in [0.25, 0.3) is 0 Å². The molecule has 1 aliphatic rings. The van der Waals surface area contributed by atoms with E-state index in [-0.39, 0.29) is 0 Å². The van der Waals surface area contributed by atoms with Crippen molar-refractivity contribution in [1.29, 1.82) is 0 Å². The molecule has 14 heavy (non-hydrogen) atoms. The Bertz CT molecular complexity index is 302. The lowest BCUT2D eigenvalue weighted by Crippen LogP contribution is -2.21. The molecule has 0 saturated carbocycles. The largest absolute Gasteiger partial charge is 0.381 e. The van der Waals surface area contributed by atoms with Gasteiger partial charge in [-0.3, -0.25) is 0 Å². The molecule has 1 saturated heterocycles. The molecule has 1 unspecified atom stereocenters. The molecule has 0 spiro atoms. The molecule has 1 aromatic rings. The van der Waals surface area contributed by atoms with Crippen molar-refractivity contribution in [2.24, 2.45) is 0 Å². The molecule has 1 aromatic carbocycles. The van der Waals surface area contributed by atoms with Gasteiger partial charge in [-0.15, -0.1) is 0 Å². The molecule has 0 amide bonds. The van der Waals surface area contributed by atoms with E-state index in [1.54, 1.807) is 6.07 Å². The highest BCUT2D eigenvalue weighted by molar-refractivity contribution is 6.35. The van der Waals surface area contributed by atoms with Crippen molar-refractivity contribution < 1.29 is 0 Å². The van der Waals surface area contributed by atoms with Crippen LogP contribution in [0.15, 0.2) is 18.2 Å². The van der Waals surface area contributed by atoms with Crippen LogP contribution in [-0.2, 0) is 0 Å². The van der Waals surface area contributed by atoms with E-state index in [1.807, 2.05) is 12.1 Å². The standard InChI is InChI=1S/C10H12Cl2N2/c11-7-3-8(12)5-10(4-7)14-9-1-2-13-6-9/h3-5,9,13-14H,1-2,6H2. The Morgan fingerprint density at radius 3 is 2.50 bits per heavy atom. The molecule has 76 valence electrons. The lowest BCUT2D eigenvalue weighted by atomic mass is 10.2. The van der Waals surface area contributed by atoms with Crippen LogP contribution in [0, 0.1) is 0 Å². The number of hydrogen-bond donors (Lipinski definition) is 2. The molecule has 2 nitrogen and oxygen atoms in total. The molecule has 2 rings (SSSR count). The van der Waals surface area contributed by atoms with E-state index in [0.29, 0.717) is 16.1 Å². The fourth-order valence-electron chi connectivity index (χ4n) is 1.65. The minimum atomic E-state index is 0.490. The first-order valence-corrected chi connectivity index (χ1v) is 5.43. The lowest BCUT2D eigenvalue weighted by molar-refractivity contribution is 0.793. The highest BCUT2D eigenvalue weighted by Crippen LogP contribution is 2.23. The first-order valence-electron chi connectivity index (χ1n) is 4.67. The maximum absolute atomic E-state index is 5.90. The molecule has 1 heterocycles. The highest BCUT2D eigenvalue weighted by atomic mass is 35.5. The van der Waals surface area contributed by atoms with Gasteiger partial charge in [-0.05, 0) is 31.2 Å². The van der Waals surface area contributed by atoms with Gasteiger partial charge in [0, 0.05) is 28.3 Å². The van der Waals surface area contributed by atoms with Gasteiger partial charge < -0.3 is 10.6 Å². The van der Waals surface area contributed by atoms with Crippen molar-refractivity contribution in [3.05, 3.63) is 28.2 Å². The average molecular weight is 231 g/mol. The van der Waals surface area contributed by atoms with E-state index < -0.39 is 0 Å². The fourth-order valence-corrected chi connectivity index (χ4v) is 2.18. The summed E-state index contributed by atoms with van der Waals surface area (Å²) in [6, 6.07) is 6.02. The summed E-state index contributed by atoms with van der Waals surface area (Å²) >= 11 is 11.8. The van der Waals surface area contributed by atoms with Gasteiger partial charge in [0.25, 0.3) is 0 Å². The van der Waals surface area contributed by atoms with E-state index in [2.05, 4.69) is 10.6 Å². The van der Waals surface area contributed by atoms with Gasteiger partial charge in [-0.25, -0.2) is 0 Å². The average Bonchev–Trinajstić information content (AvgIpc) is 2.54. The molecule has 0 radical (unpaired) electrons. The number of nitrogens with one attached hydrogen (secondary N) is 2. The van der Waals surface area contributed by atoms with Crippen molar-refractivity contribution in [1.82, 2.24) is 5.32 Å². The third kappa shape index (κ3) is 2.53. The fraction of sp³-hybridized carbons (Fsp3) is 0.400. The van der Waals surface area contributed by atoms with Gasteiger partial charge in [0.2, 0.25) is 0 Å². The summed E-state index contributed by atoms with van der Waals surface area (Å²) in [5, 5.41) is 8.03. The van der Waals surface area contributed by atoms with E-state index in [1.165, 1.54) is 0 Å². The number of benzene rings is 1. The second-order valence-electron chi connectivity index (χ2n) is 3.49. The first kappa shape index (κ1) is 10.1. The predicted molar refractivity (Wildman–Crippen MR) is 61.4 cm³/mol. The van der Waals surface area contributed by atoms with Crippen molar-refractivity contribution >= 4 is 28.9 Å². The van der Waals surface area contributed by atoms with Crippen molar-refractivity contribution in [3.8, 4) is 0 Å². The maximum atomic E-state index is 5.90. The second-order valence-corrected chi connectivity index (χ2v) is 4.37. The Labute approximate surface area is 93.6 Å². The summed E-state index contributed by atoms with van der Waals surface area (Å²) in [4.78, 5) is 0. The SMILES string of the molecule is Clc1cc(Cl)cc(NC2CCNC2)c1. The van der Waals surface area contributed by atoms with Gasteiger partial charge >= 0.3 is 0 Å². The monoisotopic (exact) mass is 230 g/mol. The number of hydrogen-bond acceptors (Lipinski definition) is 2. The van der Waals surface area contributed by atoms with Gasteiger partial charge in [0.15, 0.2) is 0 Å². The van der Waals surface area contributed by atoms with E-state index in [0.717, 1.165) is 25.2 Å². The summed E-state index contributed by atoms with van der Waals surface area (Å²) in [7, 11) is 0. The summed E-state index contributed by atoms with van der Waals surface area (Å²) in [5.41, 5.74) is 0.996. The zero-order valence-electron chi connectivity index (χ0n) is 7.69. The molecular weight excluding hydrogens is 219 g/mol. The van der Waals surface area contributed by atoms with Crippen molar-refractivity contribution in [3.63, 3.8) is 0 Å². The highest BCUT2D eigenvalue weighted by Gasteiger charge is 2.13. The smallest absolute Gasteiger partial charge is 0.0441 e. The molecule has 1 aliphatic heterocycles. The maximum Gasteiger partial charge on any atom is 0.0441 e. The van der Waals surface area contributed by atoms with Crippen LogP contribution >= 0.6 is 23.2 Å². The zero-order chi connectivity index (χ0) is 9.97. The summed E-state index contributed by atoms with van der Waals surface area (Å²) in [5.74, 6) is 0. The Hall–Kier alpha value is -0.440. The molecule has 2 N–H and O–H groups in total. The zero-order valence-corrected chi connectivity index (χ0v) is 9.20. The number of rotatable bonds is 2. The Morgan fingerprint density at radius 1 is 1.21 bits per heavy atom. The quantitative estimate of drug-likeness (QED) is 0.817. The molecule has 0 bridgehead atoms. The van der Waals surface area contributed by atoms with Gasteiger partial charge in [-0.1, -0.05) is 23.2 Å². The first-order chi connectivity index (χ1) is 6.74. The van der Waals surface area contributed by atoms with Gasteiger partial charge in [0.1, 0.15) is 0 Å². The van der Waals surface area contributed by atoms with Crippen LogP contribution < -0.4 is 10.6 Å². The van der Waals surface area contributed by atoms with Gasteiger partial charge in [0.05, 0.1) is 0 Å². The minimum Gasteiger partial charge on any atom is -0.381 e. The Morgan fingerprint density at radius 2 is 1.93 bits per heavy atom. The molecule has 1 atom stereocenters. The molecule has 4 heteroatoms. The van der Waals surface area contributed by atoms with Crippen LogP contribution in [-0.4, -0.2) is 19.1 Å². The lowest BCUT2D eigenvalue weighted by Gasteiger charge is -2.13. The molecule has 0 aromatic heterocycles. The molecule has 1 fully saturated rings. The normalized spacial score (nSPS) is 21.1.